The molecule has 0 radical (unpaired) electrons. The van der Waals surface area contributed by atoms with Gasteiger partial charge < -0.3 is 10.6 Å². The second kappa shape index (κ2) is 7.09. The molecule has 2 aromatic rings. The van der Waals surface area contributed by atoms with Crippen LogP contribution >= 0.6 is 11.6 Å². The number of benzene rings is 2. The van der Waals surface area contributed by atoms with E-state index in [4.69, 9.17) is 11.6 Å². The largest absolute Gasteiger partial charge is 0.387 e. The fourth-order valence-corrected chi connectivity index (χ4v) is 2.20. The van der Waals surface area contributed by atoms with E-state index in [1.807, 2.05) is 6.07 Å². The summed E-state index contributed by atoms with van der Waals surface area (Å²) in [5, 5.41) is 6.26. The molecule has 3 nitrogen and oxygen atoms in total. The fraction of sp³-hybridized carbons (Fsp3) is 0.188. The molecule has 0 aliphatic rings. The predicted octanol–water partition coefficient (Wildman–Crippen LogP) is 3.49. The van der Waals surface area contributed by atoms with Gasteiger partial charge in [-0.25, -0.2) is 4.39 Å². The van der Waals surface area contributed by atoms with Crippen LogP contribution in [0.3, 0.4) is 0 Å². The fourth-order valence-electron chi connectivity index (χ4n) is 2.03. The Hall–Kier alpha value is -2.07. The lowest BCUT2D eigenvalue weighted by Gasteiger charge is -2.10. The van der Waals surface area contributed by atoms with E-state index in [0.717, 1.165) is 5.56 Å². The molecule has 5 heteroatoms. The minimum atomic E-state index is -0.272. The minimum absolute atomic E-state index is 0.210. The first-order chi connectivity index (χ1) is 10.1. The topological polar surface area (TPSA) is 41.1 Å². The van der Waals surface area contributed by atoms with Crippen molar-refractivity contribution in [3.05, 3.63) is 64.4 Å². The molecule has 0 saturated carbocycles. The highest BCUT2D eigenvalue weighted by Gasteiger charge is 2.10. The van der Waals surface area contributed by atoms with Gasteiger partial charge >= 0.3 is 0 Å². The van der Waals surface area contributed by atoms with Crippen LogP contribution in [0.5, 0.6) is 0 Å². The Kier molecular flexibility index (Phi) is 5.17. The van der Waals surface area contributed by atoms with Crippen LogP contribution in [0.25, 0.3) is 0 Å². The van der Waals surface area contributed by atoms with E-state index in [-0.39, 0.29) is 11.7 Å². The van der Waals surface area contributed by atoms with Crippen molar-refractivity contribution >= 4 is 23.2 Å². The molecule has 0 bridgehead atoms. The lowest BCUT2D eigenvalue weighted by atomic mass is 10.1. The number of hydrogen-bond donors (Lipinski definition) is 2. The first-order valence-corrected chi connectivity index (χ1v) is 6.98. The molecule has 0 fully saturated rings. The summed E-state index contributed by atoms with van der Waals surface area (Å²) in [6.07, 6.45) is 0.568. The van der Waals surface area contributed by atoms with E-state index in [9.17, 15) is 9.18 Å². The van der Waals surface area contributed by atoms with E-state index >= 15 is 0 Å². The normalized spacial score (nSPS) is 10.2. The molecular weight excluding hydrogens is 291 g/mol. The van der Waals surface area contributed by atoms with Crippen molar-refractivity contribution < 1.29 is 9.18 Å². The summed E-state index contributed by atoms with van der Waals surface area (Å²) in [5.41, 5.74) is 2.04. The Balaban J connectivity index is 1.97. The number of carbonyl (C=O) groups excluding carboxylic acids is 1. The van der Waals surface area contributed by atoms with Crippen LogP contribution in [0.15, 0.2) is 42.5 Å². The lowest BCUT2D eigenvalue weighted by molar-refractivity contribution is 0.0955. The van der Waals surface area contributed by atoms with Gasteiger partial charge in [0.15, 0.2) is 0 Å². The molecule has 2 N–H and O–H groups in total. The van der Waals surface area contributed by atoms with E-state index in [2.05, 4.69) is 10.6 Å². The van der Waals surface area contributed by atoms with E-state index in [1.54, 1.807) is 31.3 Å². The zero-order chi connectivity index (χ0) is 15.2. The number of halogens is 2. The summed E-state index contributed by atoms with van der Waals surface area (Å²) in [5.74, 6) is -0.482. The van der Waals surface area contributed by atoms with Crippen LogP contribution in [0.1, 0.15) is 15.9 Å². The van der Waals surface area contributed by atoms with Crippen LogP contribution in [0.2, 0.25) is 5.02 Å². The zero-order valence-electron chi connectivity index (χ0n) is 11.6. The monoisotopic (exact) mass is 306 g/mol. The van der Waals surface area contributed by atoms with Crippen molar-refractivity contribution in [2.75, 3.05) is 18.9 Å². The number of anilines is 1. The molecule has 0 unspecified atom stereocenters. The molecule has 110 valence electrons. The molecule has 21 heavy (non-hydrogen) atoms. The molecule has 0 spiro atoms. The number of rotatable bonds is 5. The van der Waals surface area contributed by atoms with Crippen molar-refractivity contribution in [1.82, 2.24) is 5.32 Å². The molecule has 0 saturated heterocycles. The number of hydrogen-bond acceptors (Lipinski definition) is 2. The summed E-state index contributed by atoms with van der Waals surface area (Å²) in [6.45, 7) is 0.429. The van der Waals surface area contributed by atoms with E-state index in [0.29, 0.717) is 29.2 Å². The molecule has 2 rings (SSSR count). The SMILES string of the molecule is CNc1ccc(Cl)cc1C(=O)NCCc1cccc(F)c1. The zero-order valence-corrected chi connectivity index (χ0v) is 12.4. The molecule has 0 aromatic heterocycles. The molecule has 1 amide bonds. The van der Waals surface area contributed by atoms with Gasteiger partial charge in [-0.3, -0.25) is 4.79 Å². The molecule has 2 aromatic carbocycles. The summed E-state index contributed by atoms with van der Waals surface area (Å²) in [4.78, 5) is 12.1. The van der Waals surface area contributed by atoms with E-state index < -0.39 is 0 Å². The Morgan fingerprint density at radius 1 is 1.24 bits per heavy atom. The van der Waals surface area contributed by atoms with Crippen molar-refractivity contribution in [3.63, 3.8) is 0 Å². The Bertz CT molecular complexity index is 646. The second-order valence-electron chi connectivity index (χ2n) is 4.58. The van der Waals surface area contributed by atoms with Gasteiger partial charge in [0.05, 0.1) is 5.56 Å². The van der Waals surface area contributed by atoms with E-state index in [1.165, 1.54) is 12.1 Å². The number of amides is 1. The summed E-state index contributed by atoms with van der Waals surface area (Å²) in [7, 11) is 1.74. The van der Waals surface area contributed by atoms with Gasteiger partial charge in [-0.1, -0.05) is 23.7 Å². The third-order valence-corrected chi connectivity index (χ3v) is 3.32. The number of carbonyl (C=O) groups is 1. The van der Waals surface area contributed by atoms with Gasteiger partial charge in [0.2, 0.25) is 0 Å². The predicted molar refractivity (Wildman–Crippen MR) is 83.4 cm³/mol. The molecule has 0 aliphatic carbocycles. The van der Waals surface area contributed by atoms with Crippen LogP contribution in [0, 0.1) is 5.82 Å². The highest BCUT2D eigenvalue weighted by atomic mass is 35.5. The first kappa shape index (κ1) is 15.3. The van der Waals surface area contributed by atoms with Crippen molar-refractivity contribution in [1.29, 1.82) is 0 Å². The highest BCUT2D eigenvalue weighted by molar-refractivity contribution is 6.31. The highest BCUT2D eigenvalue weighted by Crippen LogP contribution is 2.20. The van der Waals surface area contributed by atoms with Gasteiger partial charge in [-0.15, -0.1) is 0 Å². The minimum Gasteiger partial charge on any atom is -0.387 e. The van der Waals surface area contributed by atoms with Gasteiger partial charge in [0.25, 0.3) is 5.91 Å². The maximum Gasteiger partial charge on any atom is 0.253 e. The third-order valence-electron chi connectivity index (χ3n) is 3.08. The van der Waals surface area contributed by atoms with Crippen LogP contribution in [0.4, 0.5) is 10.1 Å². The Morgan fingerprint density at radius 3 is 2.76 bits per heavy atom. The van der Waals surface area contributed by atoms with Crippen LogP contribution in [-0.4, -0.2) is 19.5 Å². The first-order valence-electron chi connectivity index (χ1n) is 6.60. The van der Waals surface area contributed by atoms with Gasteiger partial charge in [-0.05, 0) is 42.3 Å². The van der Waals surface area contributed by atoms with Crippen molar-refractivity contribution in [2.24, 2.45) is 0 Å². The lowest BCUT2D eigenvalue weighted by Crippen LogP contribution is -2.26. The van der Waals surface area contributed by atoms with Crippen LogP contribution in [-0.2, 0) is 6.42 Å². The molecule has 0 atom stereocenters. The standard InChI is InChI=1S/C16H16ClFN2O/c1-19-15-6-5-12(17)10-14(15)16(21)20-8-7-11-3-2-4-13(18)9-11/h2-6,9-10,19H,7-8H2,1H3,(H,20,21). The second-order valence-corrected chi connectivity index (χ2v) is 5.01. The van der Waals surface area contributed by atoms with Gasteiger partial charge in [0.1, 0.15) is 5.82 Å². The smallest absolute Gasteiger partial charge is 0.253 e. The van der Waals surface area contributed by atoms with Gasteiger partial charge in [0, 0.05) is 24.3 Å². The van der Waals surface area contributed by atoms with Crippen molar-refractivity contribution in [2.45, 2.75) is 6.42 Å². The van der Waals surface area contributed by atoms with Crippen molar-refractivity contribution in [3.8, 4) is 0 Å². The summed E-state index contributed by atoms with van der Waals surface area (Å²) < 4.78 is 13.1. The average Bonchev–Trinajstić information content (AvgIpc) is 2.47. The average molecular weight is 307 g/mol. The molecule has 0 aliphatic heterocycles. The van der Waals surface area contributed by atoms with Crippen LogP contribution < -0.4 is 10.6 Å². The molecule has 0 heterocycles. The Morgan fingerprint density at radius 2 is 2.05 bits per heavy atom. The summed E-state index contributed by atoms with van der Waals surface area (Å²) in [6, 6.07) is 11.4. The quantitative estimate of drug-likeness (QED) is 0.888. The maximum absolute atomic E-state index is 13.1. The maximum atomic E-state index is 13.1. The molecular formula is C16H16ClFN2O. The number of nitrogens with one attached hydrogen (secondary N) is 2. The summed E-state index contributed by atoms with van der Waals surface area (Å²) >= 11 is 5.92. The third kappa shape index (κ3) is 4.20. The van der Waals surface area contributed by atoms with Gasteiger partial charge in [-0.2, -0.15) is 0 Å². The Labute approximate surface area is 128 Å².